The number of pyridine rings is 2. The van der Waals surface area contributed by atoms with E-state index >= 15 is 0 Å². The monoisotopic (exact) mass is 784 g/mol. The van der Waals surface area contributed by atoms with E-state index in [4.69, 9.17) is 49.3 Å². The third-order valence-electron chi connectivity index (χ3n) is 9.06. The summed E-state index contributed by atoms with van der Waals surface area (Å²) >= 11 is 18.2. The van der Waals surface area contributed by atoms with Crippen LogP contribution in [0.3, 0.4) is 0 Å². The Kier molecular flexibility index (Phi) is 12.7. The highest BCUT2D eigenvalue weighted by atomic mass is 35.5. The fourth-order valence-corrected chi connectivity index (χ4v) is 6.88. The minimum Gasteiger partial charge on any atom is -0.489 e. The number of piperidine rings is 1. The van der Waals surface area contributed by atoms with E-state index in [1.165, 1.54) is 58.4 Å². The topological polar surface area (TPSA) is 103 Å². The van der Waals surface area contributed by atoms with Gasteiger partial charge in [0.2, 0.25) is 0 Å². The first-order chi connectivity index (χ1) is 25.6. The van der Waals surface area contributed by atoms with Gasteiger partial charge in [0.05, 0.1) is 34.6 Å². The van der Waals surface area contributed by atoms with Crippen LogP contribution in [-0.4, -0.2) is 59.8 Å². The number of amides is 2. The minimum absolute atomic E-state index is 0.0803. The van der Waals surface area contributed by atoms with E-state index in [2.05, 4.69) is 33.2 Å². The lowest BCUT2D eigenvalue weighted by Gasteiger charge is -2.29. The van der Waals surface area contributed by atoms with Crippen molar-refractivity contribution in [1.29, 1.82) is 0 Å². The molecule has 1 aliphatic heterocycles. The number of benzene rings is 2. The number of alkyl halides is 2. The Hall–Kier alpha value is -4.45. The number of nitrogens with one attached hydrogen (secondary N) is 1. The van der Waals surface area contributed by atoms with Gasteiger partial charge in [0, 0.05) is 47.8 Å². The van der Waals surface area contributed by atoms with Crippen molar-refractivity contribution in [3.63, 3.8) is 0 Å². The highest BCUT2D eigenvalue weighted by Crippen LogP contribution is 2.39. The third-order valence-corrected chi connectivity index (χ3v) is 9.87. The molecule has 3 heterocycles. The SMILES string of the molecule is CCOC(=O)N1CCC(=C2c3ccc(Cl)cc3CCc3cccnc32)CC1.O=C(Nc1c(Cl)cncc1Cl)c1ccc(OC(F)F)c(OCC2CC2)c1. The number of fused-ring (bicyclic) bond motifs is 2. The molecule has 3 aliphatic rings. The van der Waals surface area contributed by atoms with Crippen molar-refractivity contribution in [2.24, 2.45) is 5.92 Å². The van der Waals surface area contributed by atoms with Gasteiger partial charge in [-0.25, -0.2) is 4.79 Å². The third kappa shape index (κ3) is 9.76. The molecular weight excluding hydrogens is 749 g/mol. The number of likely N-dealkylation sites (tertiary alicyclic amines) is 1. The number of carbonyl (C=O) groups excluding carboxylic acids is 2. The van der Waals surface area contributed by atoms with E-state index < -0.39 is 12.5 Å². The van der Waals surface area contributed by atoms with Crippen LogP contribution in [-0.2, 0) is 17.6 Å². The maximum Gasteiger partial charge on any atom is 0.409 e. The molecule has 1 N–H and O–H groups in total. The van der Waals surface area contributed by atoms with Crippen molar-refractivity contribution in [1.82, 2.24) is 14.9 Å². The molecule has 0 spiro atoms. The van der Waals surface area contributed by atoms with E-state index in [1.54, 1.807) is 4.90 Å². The summed E-state index contributed by atoms with van der Waals surface area (Å²) in [6.45, 7) is 1.01. The van der Waals surface area contributed by atoms with E-state index in [9.17, 15) is 18.4 Å². The van der Waals surface area contributed by atoms with E-state index in [0.29, 0.717) is 32.2 Å². The zero-order valence-corrected chi connectivity index (χ0v) is 31.1. The molecule has 2 fully saturated rings. The quantitative estimate of drug-likeness (QED) is 0.190. The first-order valence-electron chi connectivity index (χ1n) is 17.3. The van der Waals surface area contributed by atoms with Gasteiger partial charge in [-0.3, -0.25) is 14.8 Å². The van der Waals surface area contributed by atoms with Crippen molar-refractivity contribution in [2.75, 3.05) is 31.6 Å². The highest BCUT2D eigenvalue weighted by Gasteiger charge is 2.27. The van der Waals surface area contributed by atoms with Crippen molar-refractivity contribution in [3.05, 3.63) is 116 Å². The first-order valence-corrected chi connectivity index (χ1v) is 18.4. The molecule has 0 bridgehead atoms. The molecule has 278 valence electrons. The van der Waals surface area contributed by atoms with Crippen LogP contribution in [0.2, 0.25) is 15.1 Å². The van der Waals surface area contributed by atoms with Crippen LogP contribution in [0.5, 0.6) is 11.5 Å². The number of aryl methyl sites for hydroxylation is 2. The summed E-state index contributed by atoms with van der Waals surface area (Å²) in [5.74, 6) is -0.171. The molecule has 1 saturated carbocycles. The predicted molar refractivity (Wildman–Crippen MR) is 200 cm³/mol. The number of halogens is 5. The minimum atomic E-state index is -2.99. The number of carbonyl (C=O) groups is 2. The van der Waals surface area contributed by atoms with Crippen LogP contribution in [0.1, 0.15) is 65.3 Å². The number of rotatable bonds is 8. The van der Waals surface area contributed by atoms with E-state index in [-0.39, 0.29) is 38.9 Å². The number of hydrogen-bond donors (Lipinski definition) is 1. The second kappa shape index (κ2) is 17.6. The molecule has 2 amide bonds. The van der Waals surface area contributed by atoms with Crippen molar-refractivity contribution in [3.8, 4) is 11.5 Å². The molecule has 1 saturated heterocycles. The summed E-state index contributed by atoms with van der Waals surface area (Å²) in [7, 11) is 0. The molecule has 53 heavy (non-hydrogen) atoms. The van der Waals surface area contributed by atoms with Crippen molar-refractivity contribution >= 4 is 58.1 Å². The van der Waals surface area contributed by atoms with Crippen molar-refractivity contribution < 1.29 is 32.6 Å². The molecule has 14 heteroatoms. The summed E-state index contributed by atoms with van der Waals surface area (Å²) in [6.07, 6.45) is 10.00. The average Bonchev–Trinajstić information content (AvgIpc) is 3.99. The summed E-state index contributed by atoms with van der Waals surface area (Å²) in [6, 6.07) is 14.3. The fraction of sp³-hybridized carbons (Fsp3) is 0.333. The van der Waals surface area contributed by atoms with Crippen LogP contribution < -0.4 is 14.8 Å². The normalized spacial score (nSPS) is 15.0. The molecule has 9 nitrogen and oxygen atoms in total. The van der Waals surface area contributed by atoms with Gasteiger partial charge in [0.1, 0.15) is 0 Å². The summed E-state index contributed by atoms with van der Waals surface area (Å²) < 4.78 is 40.3. The number of nitrogens with zero attached hydrogens (tertiary/aromatic N) is 3. The van der Waals surface area contributed by atoms with Gasteiger partial charge in [0.25, 0.3) is 5.91 Å². The lowest BCUT2D eigenvalue weighted by Crippen LogP contribution is -2.37. The molecule has 0 unspecified atom stereocenters. The number of anilines is 1. The highest BCUT2D eigenvalue weighted by molar-refractivity contribution is 6.39. The second-order valence-corrected chi connectivity index (χ2v) is 14.0. The van der Waals surface area contributed by atoms with Crippen molar-refractivity contribution in [2.45, 2.75) is 52.1 Å². The van der Waals surface area contributed by atoms with Crippen LogP contribution >= 0.6 is 34.8 Å². The predicted octanol–water partition coefficient (Wildman–Crippen LogP) is 9.92. The molecule has 0 atom stereocenters. The molecule has 7 rings (SSSR count). The van der Waals surface area contributed by atoms with Crippen LogP contribution in [0.25, 0.3) is 5.57 Å². The Morgan fingerprint density at radius 1 is 0.943 bits per heavy atom. The molecular formula is C39H37Cl3F2N4O5. The second-order valence-electron chi connectivity index (χ2n) is 12.7. The smallest absolute Gasteiger partial charge is 0.409 e. The van der Waals surface area contributed by atoms with Gasteiger partial charge in [-0.15, -0.1) is 0 Å². The Morgan fingerprint density at radius 2 is 1.68 bits per heavy atom. The number of aromatic nitrogens is 2. The molecule has 2 aromatic heterocycles. The van der Waals surface area contributed by atoms with Gasteiger partial charge >= 0.3 is 12.7 Å². The molecule has 4 aromatic rings. The van der Waals surface area contributed by atoms with E-state index in [1.807, 2.05) is 25.3 Å². The van der Waals surface area contributed by atoms with Gasteiger partial charge in [-0.1, -0.05) is 52.5 Å². The molecule has 2 aliphatic carbocycles. The lowest BCUT2D eigenvalue weighted by atomic mass is 9.88. The van der Waals surface area contributed by atoms with Crippen LogP contribution in [0.15, 0.2) is 72.7 Å². The van der Waals surface area contributed by atoms with Gasteiger partial charge in [-0.2, -0.15) is 8.78 Å². The Balaban J connectivity index is 0.000000182. The maximum atomic E-state index is 12.6. The first kappa shape index (κ1) is 38.3. The lowest BCUT2D eigenvalue weighted by molar-refractivity contribution is -0.0515. The number of ether oxygens (including phenoxy) is 3. The van der Waals surface area contributed by atoms with Gasteiger partial charge in [-0.05, 0) is 104 Å². The van der Waals surface area contributed by atoms with Gasteiger partial charge < -0.3 is 24.4 Å². The standard InChI is InChI=1S/C22H23ClN2O2.C17H14Cl2F2N2O3/c1-2-27-22(26)25-12-9-15(10-13-25)20-19-8-7-18(23)14-17(19)6-5-16-4-3-11-24-21(16)20;18-11-6-22-7-12(19)15(11)23-16(24)10-3-4-13(26-17(20)21)14(5-10)25-8-9-1-2-9/h3-4,7-8,11,14H,2,5-6,9-10,12-13H2,1H3;3-7,9,17H,1-2,8H2,(H,22,23,24). The Bertz CT molecular complexity index is 1980. The fourth-order valence-electron chi connectivity index (χ4n) is 6.22. The van der Waals surface area contributed by atoms with Gasteiger partial charge in [0.15, 0.2) is 11.5 Å². The summed E-state index contributed by atoms with van der Waals surface area (Å²) in [4.78, 5) is 34.8. The van der Waals surface area contributed by atoms with Crippen LogP contribution in [0, 0.1) is 5.92 Å². The number of hydrogen-bond acceptors (Lipinski definition) is 7. The molecule has 0 radical (unpaired) electrons. The zero-order valence-electron chi connectivity index (χ0n) is 28.8. The maximum absolute atomic E-state index is 12.6. The van der Waals surface area contributed by atoms with E-state index in [0.717, 1.165) is 49.2 Å². The average molecular weight is 786 g/mol. The summed E-state index contributed by atoms with van der Waals surface area (Å²) in [5.41, 5.74) is 7.85. The largest absolute Gasteiger partial charge is 0.489 e. The zero-order chi connectivity index (χ0) is 37.5. The van der Waals surface area contributed by atoms with Crippen LogP contribution in [0.4, 0.5) is 19.3 Å². The summed E-state index contributed by atoms with van der Waals surface area (Å²) in [5, 5.41) is 3.69. The molecule has 2 aromatic carbocycles. The Morgan fingerprint density at radius 3 is 2.38 bits per heavy atom. The Labute approximate surface area is 321 Å².